The van der Waals surface area contributed by atoms with E-state index < -0.39 is 0 Å². The molecule has 2 amide bonds. The lowest BCUT2D eigenvalue weighted by Gasteiger charge is -2.20. The fourth-order valence-electron chi connectivity index (χ4n) is 4.29. The fraction of sp³-hybridized carbons (Fsp3) is 0.542. The number of nitrogens with one attached hydrogen (secondary N) is 1. The highest BCUT2D eigenvalue weighted by molar-refractivity contribution is 7.99. The van der Waals surface area contributed by atoms with Crippen LogP contribution in [0.2, 0.25) is 0 Å². The normalized spacial score (nSPS) is 16.9. The molecular weight excluding hydrogens is 436 g/mol. The molecule has 3 heterocycles. The molecule has 176 valence electrons. The van der Waals surface area contributed by atoms with Crippen LogP contribution in [0.4, 0.5) is 0 Å². The average molecular weight is 469 g/mol. The van der Waals surface area contributed by atoms with Crippen molar-refractivity contribution in [3.63, 3.8) is 0 Å². The molecule has 0 saturated carbocycles. The molecule has 0 unspecified atom stereocenters. The van der Waals surface area contributed by atoms with Gasteiger partial charge in [0.25, 0.3) is 0 Å². The van der Waals surface area contributed by atoms with Crippen LogP contribution in [-0.4, -0.2) is 55.3 Å². The predicted octanol–water partition coefficient (Wildman–Crippen LogP) is 3.66. The van der Waals surface area contributed by atoms with E-state index in [1.807, 2.05) is 21.6 Å². The van der Waals surface area contributed by atoms with Gasteiger partial charge in [0.05, 0.1) is 24.2 Å². The number of carbonyl (C=O) groups is 2. The van der Waals surface area contributed by atoms with Gasteiger partial charge in [-0.3, -0.25) is 19.1 Å². The molecule has 8 nitrogen and oxygen atoms in total. The Morgan fingerprint density at radius 3 is 2.85 bits per heavy atom. The van der Waals surface area contributed by atoms with Crippen LogP contribution in [0.5, 0.6) is 0 Å². The first-order valence-corrected chi connectivity index (χ1v) is 12.9. The Morgan fingerprint density at radius 1 is 1.12 bits per heavy atom. The Morgan fingerprint density at radius 2 is 2.03 bits per heavy atom. The van der Waals surface area contributed by atoms with Gasteiger partial charge < -0.3 is 10.2 Å². The second-order valence-corrected chi connectivity index (χ2v) is 9.51. The first-order valence-electron chi connectivity index (χ1n) is 11.9. The SMILES string of the molecule is O=C(CSc1nnc(CN2CCCCCC2=O)n1-c1cccnc1)NCCC1=CCCCC1. The Bertz CT molecular complexity index is 975. The number of amides is 2. The van der Waals surface area contributed by atoms with Gasteiger partial charge in [-0.1, -0.05) is 29.8 Å². The number of thioether (sulfide) groups is 1. The molecule has 33 heavy (non-hydrogen) atoms. The zero-order valence-electron chi connectivity index (χ0n) is 19.0. The Hall–Kier alpha value is -2.68. The smallest absolute Gasteiger partial charge is 0.230 e. The van der Waals surface area contributed by atoms with Gasteiger partial charge in [-0.15, -0.1) is 10.2 Å². The molecule has 0 radical (unpaired) electrons. The number of allylic oxidation sites excluding steroid dienone is 1. The molecule has 2 aromatic heterocycles. The highest BCUT2D eigenvalue weighted by Gasteiger charge is 2.22. The van der Waals surface area contributed by atoms with Gasteiger partial charge in [-0.25, -0.2) is 0 Å². The molecule has 0 spiro atoms. The maximum Gasteiger partial charge on any atom is 0.230 e. The van der Waals surface area contributed by atoms with Gasteiger partial charge in [0.2, 0.25) is 11.8 Å². The molecule has 0 aromatic carbocycles. The van der Waals surface area contributed by atoms with E-state index in [0.29, 0.717) is 30.5 Å². The fourth-order valence-corrected chi connectivity index (χ4v) is 5.09. The van der Waals surface area contributed by atoms with Crippen LogP contribution >= 0.6 is 11.8 Å². The van der Waals surface area contributed by atoms with Crippen LogP contribution in [-0.2, 0) is 16.1 Å². The summed E-state index contributed by atoms with van der Waals surface area (Å²) in [5.41, 5.74) is 2.28. The van der Waals surface area contributed by atoms with Crippen LogP contribution in [0.1, 0.15) is 63.6 Å². The maximum absolute atomic E-state index is 12.5. The van der Waals surface area contributed by atoms with Crippen molar-refractivity contribution in [3.05, 3.63) is 42.0 Å². The highest BCUT2D eigenvalue weighted by Crippen LogP contribution is 2.24. The number of likely N-dealkylation sites (tertiary alicyclic amines) is 1. The van der Waals surface area contributed by atoms with Crippen LogP contribution < -0.4 is 5.32 Å². The zero-order valence-corrected chi connectivity index (χ0v) is 19.9. The first-order chi connectivity index (χ1) is 16.2. The van der Waals surface area contributed by atoms with E-state index >= 15 is 0 Å². The summed E-state index contributed by atoms with van der Waals surface area (Å²) in [6.45, 7) is 1.81. The molecule has 2 aromatic rings. The lowest BCUT2D eigenvalue weighted by molar-refractivity contribution is -0.131. The van der Waals surface area contributed by atoms with Gasteiger partial charge >= 0.3 is 0 Å². The summed E-state index contributed by atoms with van der Waals surface area (Å²) in [6.07, 6.45) is 15.2. The summed E-state index contributed by atoms with van der Waals surface area (Å²) >= 11 is 1.36. The third kappa shape index (κ3) is 6.66. The van der Waals surface area contributed by atoms with Crippen molar-refractivity contribution in [3.8, 4) is 5.69 Å². The zero-order chi connectivity index (χ0) is 22.9. The summed E-state index contributed by atoms with van der Waals surface area (Å²) in [6, 6.07) is 3.80. The van der Waals surface area contributed by atoms with E-state index in [4.69, 9.17) is 0 Å². The lowest BCUT2D eigenvalue weighted by Crippen LogP contribution is -2.31. The third-order valence-electron chi connectivity index (χ3n) is 6.09. The second-order valence-electron chi connectivity index (χ2n) is 8.57. The Labute approximate surface area is 199 Å². The first kappa shape index (κ1) is 23.5. The molecular formula is C24H32N6O2S. The van der Waals surface area contributed by atoms with Crippen molar-refractivity contribution in [2.45, 2.75) is 69.5 Å². The number of rotatable bonds is 9. The molecule has 9 heteroatoms. The summed E-state index contributed by atoms with van der Waals surface area (Å²) in [5, 5.41) is 12.4. The summed E-state index contributed by atoms with van der Waals surface area (Å²) in [4.78, 5) is 31.0. The van der Waals surface area contributed by atoms with Gasteiger partial charge in [0.1, 0.15) is 0 Å². The van der Waals surface area contributed by atoms with E-state index in [0.717, 1.165) is 50.8 Å². The van der Waals surface area contributed by atoms with E-state index in [1.54, 1.807) is 12.4 Å². The van der Waals surface area contributed by atoms with E-state index in [-0.39, 0.29) is 17.6 Å². The van der Waals surface area contributed by atoms with Crippen LogP contribution in [0.25, 0.3) is 5.69 Å². The Kier molecular flexibility index (Phi) is 8.52. The number of hydrogen-bond donors (Lipinski definition) is 1. The van der Waals surface area contributed by atoms with Crippen LogP contribution in [0.3, 0.4) is 0 Å². The Balaban J connectivity index is 1.40. The molecule has 1 aliphatic heterocycles. The van der Waals surface area contributed by atoms with Crippen LogP contribution in [0.15, 0.2) is 41.3 Å². The van der Waals surface area contributed by atoms with Crippen molar-refractivity contribution in [1.82, 2.24) is 30.0 Å². The molecule has 4 rings (SSSR count). The van der Waals surface area contributed by atoms with Gasteiger partial charge in [0.15, 0.2) is 11.0 Å². The highest BCUT2D eigenvalue weighted by atomic mass is 32.2. The predicted molar refractivity (Wildman–Crippen MR) is 128 cm³/mol. The minimum absolute atomic E-state index is 0.0126. The minimum Gasteiger partial charge on any atom is -0.355 e. The second kappa shape index (κ2) is 12.0. The molecule has 2 aliphatic rings. The maximum atomic E-state index is 12.5. The quantitative estimate of drug-likeness (QED) is 0.446. The van der Waals surface area contributed by atoms with Crippen LogP contribution in [0, 0.1) is 0 Å². The van der Waals surface area contributed by atoms with Crippen molar-refractivity contribution in [2.24, 2.45) is 0 Å². The summed E-state index contributed by atoms with van der Waals surface area (Å²) in [7, 11) is 0. The molecule has 1 N–H and O–H groups in total. The number of carbonyl (C=O) groups excluding carboxylic acids is 2. The minimum atomic E-state index is -0.0126. The van der Waals surface area contributed by atoms with Gasteiger partial charge in [-0.2, -0.15) is 0 Å². The summed E-state index contributed by atoms with van der Waals surface area (Å²) < 4.78 is 1.91. The molecule has 1 aliphatic carbocycles. The third-order valence-corrected chi connectivity index (χ3v) is 7.02. The van der Waals surface area contributed by atoms with Crippen molar-refractivity contribution in [2.75, 3.05) is 18.8 Å². The van der Waals surface area contributed by atoms with Crippen molar-refractivity contribution >= 4 is 23.6 Å². The van der Waals surface area contributed by atoms with E-state index in [2.05, 4.69) is 26.6 Å². The lowest BCUT2D eigenvalue weighted by atomic mass is 9.97. The van der Waals surface area contributed by atoms with Gasteiger partial charge in [0, 0.05) is 25.7 Å². The van der Waals surface area contributed by atoms with Gasteiger partial charge in [-0.05, 0) is 57.1 Å². The molecule has 0 atom stereocenters. The largest absolute Gasteiger partial charge is 0.355 e. The molecule has 1 saturated heterocycles. The number of nitrogens with zero attached hydrogens (tertiary/aromatic N) is 5. The summed E-state index contributed by atoms with van der Waals surface area (Å²) in [5.74, 6) is 1.10. The molecule has 0 bridgehead atoms. The van der Waals surface area contributed by atoms with Crippen molar-refractivity contribution in [1.29, 1.82) is 0 Å². The standard InChI is InChI=1S/C24H32N6O2S/c31-22(26-14-12-19-8-3-1-4-9-19)18-33-24-28-27-21(30(24)20-10-7-13-25-16-20)17-29-15-6-2-5-11-23(29)32/h7-8,10,13,16H,1-6,9,11-12,14-15,17-18H2,(H,26,31). The monoisotopic (exact) mass is 468 g/mol. The molecule has 1 fully saturated rings. The topological polar surface area (TPSA) is 93.0 Å². The van der Waals surface area contributed by atoms with Crippen molar-refractivity contribution < 1.29 is 9.59 Å². The number of hydrogen-bond acceptors (Lipinski definition) is 6. The number of aromatic nitrogens is 4. The number of pyridine rings is 1. The van der Waals surface area contributed by atoms with E-state index in [9.17, 15) is 9.59 Å². The van der Waals surface area contributed by atoms with E-state index in [1.165, 1.54) is 30.2 Å². The average Bonchev–Trinajstić information content (AvgIpc) is 3.13.